The molecule has 2 heterocycles. The first-order valence-electron chi connectivity index (χ1n) is 8.52. The average Bonchev–Trinajstić information content (AvgIpc) is 2.65. The highest BCUT2D eigenvalue weighted by molar-refractivity contribution is 6.35. The summed E-state index contributed by atoms with van der Waals surface area (Å²) in [4.78, 5) is 23.0. The summed E-state index contributed by atoms with van der Waals surface area (Å²) in [5.74, 6) is 1.35. The molecule has 8 heteroatoms. The van der Waals surface area contributed by atoms with E-state index in [2.05, 4.69) is 20.2 Å². The minimum Gasteiger partial charge on any atom is -0.479 e. The third-order valence-corrected chi connectivity index (χ3v) is 4.68. The van der Waals surface area contributed by atoms with Crippen molar-refractivity contribution in [1.29, 1.82) is 0 Å². The average molecular weight is 395 g/mol. The lowest BCUT2D eigenvalue weighted by Gasteiger charge is -2.27. The van der Waals surface area contributed by atoms with E-state index < -0.39 is 6.10 Å². The van der Waals surface area contributed by atoms with Gasteiger partial charge in [0.1, 0.15) is 23.7 Å². The zero-order valence-corrected chi connectivity index (χ0v) is 15.9. The van der Waals surface area contributed by atoms with E-state index in [-0.39, 0.29) is 5.91 Å². The highest BCUT2D eigenvalue weighted by Crippen LogP contribution is 2.28. The number of piperidine rings is 1. The van der Waals surface area contributed by atoms with Crippen molar-refractivity contribution in [3.63, 3.8) is 0 Å². The summed E-state index contributed by atoms with van der Waals surface area (Å²) in [6, 6.07) is 6.64. The molecule has 1 amide bonds. The van der Waals surface area contributed by atoms with Crippen LogP contribution in [-0.4, -0.2) is 35.1 Å². The molecule has 1 N–H and O–H groups in total. The monoisotopic (exact) mass is 394 g/mol. The number of amides is 1. The van der Waals surface area contributed by atoms with Crippen molar-refractivity contribution in [1.82, 2.24) is 9.97 Å². The summed E-state index contributed by atoms with van der Waals surface area (Å²) in [7, 11) is 0. The van der Waals surface area contributed by atoms with Crippen LogP contribution >= 0.6 is 23.2 Å². The molecule has 1 aliphatic rings. The van der Waals surface area contributed by atoms with Crippen LogP contribution in [0.2, 0.25) is 10.0 Å². The zero-order chi connectivity index (χ0) is 18.5. The van der Waals surface area contributed by atoms with E-state index in [9.17, 15) is 4.79 Å². The maximum Gasteiger partial charge on any atom is 0.266 e. The topological polar surface area (TPSA) is 67.3 Å². The first-order chi connectivity index (χ1) is 12.5. The number of hydrogen-bond acceptors (Lipinski definition) is 5. The number of carbonyl (C=O) groups excluding carboxylic acids is 1. The Kier molecular flexibility index (Phi) is 6.16. The van der Waals surface area contributed by atoms with E-state index in [4.69, 9.17) is 27.9 Å². The van der Waals surface area contributed by atoms with Crippen molar-refractivity contribution in [2.45, 2.75) is 32.3 Å². The number of ether oxygens (including phenoxy) is 1. The summed E-state index contributed by atoms with van der Waals surface area (Å²) < 4.78 is 5.62. The van der Waals surface area contributed by atoms with Crippen LogP contribution in [0.25, 0.3) is 0 Å². The number of rotatable bonds is 5. The van der Waals surface area contributed by atoms with Gasteiger partial charge in [-0.3, -0.25) is 4.79 Å². The minimum atomic E-state index is -0.748. The molecule has 0 radical (unpaired) electrons. The van der Waals surface area contributed by atoms with Gasteiger partial charge in [-0.15, -0.1) is 0 Å². The Hall–Kier alpha value is -2.05. The molecular formula is C18H20Cl2N4O2. The van der Waals surface area contributed by atoms with Gasteiger partial charge in [-0.2, -0.15) is 0 Å². The molecule has 1 atom stereocenters. The van der Waals surface area contributed by atoms with Gasteiger partial charge in [-0.05, 0) is 44.4 Å². The number of carbonyl (C=O) groups is 1. The van der Waals surface area contributed by atoms with Crippen molar-refractivity contribution in [3.05, 3.63) is 40.6 Å². The SMILES string of the molecule is CC(Oc1ccc(Cl)cc1Cl)C(=O)Nc1cc(N2CCCCC2)ncn1. The molecular weight excluding hydrogens is 375 g/mol. The fourth-order valence-electron chi connectivity index (χ4n) is 2.75. The molecule has 6 nitrogen and oxygen atoms in total. The summed E-state index contributed by atoms with van der Waals surface area (Å²) in [5, 5.41) is 3.62. The molecule has 26 heavy (non-hydrogen) atoms. The maximum atomic E-state index is 12.4. The standard InChI is InChI=1S/C18H20Cl2N4O2/c1-12(26-15-6-5-13(19)9-14(15)20)18(25)23-16-10-17(22-11-21-16)24-7-3-2-4-8-24/h5-6,9-12H,2-4,7-8H2,1H3,(H,21,22,23,25). The van der Waals surface area contributed by atoms with E-state index in [1.807, 2.05) is 0 Å². The van der Waals surface area contributed by atoms with Crippen molar-refractivity contribution in [2.75, 3.05) is 23.3 Å². The van der Waals surface area contributed by atoms with Crippen LogP contribution in [0, 0.1) is 0 Å². The Morgan fingerprint density at radius 3 is 2.69 bits per heavy atom. The molecule has 0 spiro atoms. The van der Waals surface area contributed by atoms with Crippen molar-refractivity contribution >= 4 is 40.7 Å². The van der Waals surface area contributed by atoms with Crippen molar-refractivity contribution in [2.24, 2.45) is 0 Å². The third kappa shape index (κ3) is 4.77. The van der Waals surface area contributed by atoms with Gasteiger partial charge >= 0.3 is 0 Å². The number of anilines is 2. The highest BCUT2D eigenvalue weighted by Gasteiger charge is 2.18. The number of nitrogens with one attached hydrogen (secondary N) is 1. The van der Waals surface area contributed by atoms with Gasteiger partial charge in [0, 0.05) is 24.2 Å². The second-order valence-electron chi connectivity index (χ2n) is 6.13. The fourth-order valence-corrected chi connectivity index (χ4v) is 3.21. The smallest absolute Gasteiger partial charge is 0.266 e. The van der Waals surface area contributed by atoms with Crippen LogP contribution in [-0.2, 0) is 4.79 Å². The molecule has 1 aromatic heterocycles. The Morgan fingerprint density at radius 2 is 1.96 bits per heavy atom. The third-order valence-electron chi connectivity index (χ3n) is 4.15. The molecule has 1 saturated heterocycles. The number of halogens is 2. The molecule has 1 unspecified atom stereocenters. The lowest BCUT2D eigenvalue weighted by molar-refractivity contribution is -0.122. The fraction of sp³-hybridized carbons (Fsp3) is 0.389. The van der Waals surface area contributed by atoms with E-state index in [0.29, 0.717) is 21.6 Å². The number of benzene rings is 1. The molecule has 1 fully saturated rings. The summed E-state index contributed by atoms with van der Waals surface area (Å²) in [5.41, 5.74) is 0. The van der Waals surface area contributed by atoms with Gasteiger partial charge in [0.15, 0.2) is 6.10 Å². The predicted octanol–water partition coefficient (Wildman–Crippen LogP) is 4.18. The molecule has 0 bridgehead atoms. The second-order valence-corrected chi connectivity index (χ2v) is 6.98. The predicted molar refractivity (Wildman–Crippen MR) is 103 cm³/mol. The molecule has 2 aromatic rings. The van der Waals surface area contributed by atoms with Crippen LogP contribution < -0.4 is 15.0 Å². The second kappa shape index (κ2) is 8.56. The first kappa shape index (κ1) is 18.7. The Balaban J connectivity index is 1.63. The lowest BCUT2D eigenvalue weighted by atomic mass is 10.1. The van der Waals surface area contributed by atoms with Crippen LogP contribution in [0.15, 0.2) is 30.6 Å². The van der Waals surface area contributed by atoms with Crippen LogP contribution in [0.5, 0.6) is 5.75 Å². The quantitative estimate of drug-likeness (QED) is 0.823. The van der Waals surface area contributed by atoms with E-state index in [1.165, 1.54) is 12.7 Å². The van der Waals surface area contributed by atoms with Crippen LogP contribution in [0.3, 0.4) is 0 Å². The molecule has 3 rings (SSSR count). The zero-order valence-electron chi connectivity index (χ0n) is 14.4. The molecule has 138 valence electrons. The Bertz CT molecular complexity index is 782. The summed E-state index contributed by atoms with van der Waals surface area (Å²) >= 11 is 11.9. The van der Waals surface area contributed by atoms with Crippen molar-refractivity contribution in [3.8, 4) is 5.75 Å². The van der Waals surface area contributed by atoms with Gasteiger partial charge < -0.3 is 15.0 Å². The van der Waals surface area contributed by atoms with Gasteiger partial charge in [0.25, 0.3) is 5.91 Å². The minimum absolute atomic E-state index is 0.320. The lowest BCUT2D eigenvalue weighted by Crippen LogP contribution is -2.32. The number of nitrogens with zero attached hydrogens (tertiary/aromatic N) is 3. The van der Waals surface area contributed by atoms with Gasteiger partial charge in [0.05, 0.1) is 5.02 Å². The normalized spacial score (nSPS) is 15.4. The van der Waals surface area contributed by atoms with Gasteiger partial charge in [0.2, 0.25) is 0 Å². The molecule has 1 aromatic carbocycles. The van der Waals surface area contributed by atoms with Crippen LogP contribution in [0.4, 0.5) is 11.6 Å². The van der Waals surface area contributed by atoms with E-state index in [1.54, 1.807) is 31.2 Å². The van der Waals surface area contributed by atoms with Gasteiger partial charge in [-0.25, -0.2) is 9.97 Å². The maximum absolute atomic E-state index is 12.4. The van der Waals surface area contributed by atoms with Crippen LogP contribution in [0.1, 0.15) is 26.2 Å². The molecule has 0 aliphatic carbocycles. The highest BCUT2D eigenvalue weighted by atomic mass is 35.5. The summed E-state index contributed by atoms with van der Waals surface area (Å²) in [6.07, 6.45) is 4.26. The molecule has 1 aliphatic heterocycles. The molecule has 0 saturated carbocycles. The first-order valence-corrected chi connectivity index (χ1v) is 9.28. The van der Waals surface area contributed by atoms with E-state index in [0.717, 1.165) is 31.7 Å². The Morgan fingerprint density at radius 1 is 1.19 bits per heavy atom. The van der Waals surface area contributed by atoms with E-state index >= 15 is 0 Å². The summed E-state index contributed by atoms with van der Waals surface area (Å²) in [6.45, 7) is 3.59. The van der Waals surface area contributed by atoms with Gasteiger partial charge in [-0.1, -0.05) is 23.2 Å². The number of aromatic nitrogens is 2. The largest absolute Gasteiger partial charge is 0.479 e. The number of hydrogen-bond donors (Lipinski definition) is 1. The Labute approximate surface area is 162 Å². The van der Waals surface area contributed by atoms with Crippen molar-refractivity contribution < 1.29 is 9.53 Å².